The van der Waals surface area contributed by atoms with Crippen LogP contribution in [0.4, 0.5) is 5.82 Å². The van der Waals surface area contributed by atoms with Crippen LogP contribution in [0.25, 0.3) is 11.4 Å². The molecule has 0 bridgehead atoms. The summed E-state index contributed by atoms with van der Waals surface area (Å²) in [4.78, 5) is 17.2. The molecule has 0 spiro atoms. The number of nitriles is 1. The average Bonchev–Trinajstić information content (AvgIpc) is 3.36. The predicted molar refractivity (Wildman–Crippen MR) is 127 cm³/mol. The first-order valence-corrected chi connectivity index (χ1v) is 12.1. The Balaban J connectivity index is 1.46. The van der Waals surface area contributed by atoms with Gasteiger partial charge in [0.1, 0.15) is 11.9 Å². The predicted octanol–water partition coefficient (Wildman–Crippen LogP) is 5.65. The van der Waals surface area contributed by atoms with Crippen LogP contribution in [0.1, 0.15) is 55.0 Å². The van der Waals surface area contributed by atoms with E-state index < -0.39 is 0 Å². The van der Waals surface area contributed by atoms with Gasteiger partial charge in [0.25, 0.3) is 0 Å². The maximum Gasteiger partial charge on any atom is 0.235 e. The third-order valence-corrected chi connectivity index (χ3v) is 7.08. The lowest BCUT2D eigenvalue weighted by Crippen LogP contribution is -2.21. The molecule has 2 heterocycles. The van der Waals surface area contributed by atoms with E-state index in [1.54, 1.807) is 12.1 Å². The molecule has 4 rings (SSSR count). The van der Waals surface area contributed by atoms with Crippen molar-refractivity contribution in [2.75, 3.05) is 11.1 Å². The van der Waals surface area contributed by atoms with Crippen LogP contribution in [0.3, 0.4) is 0 Å². The molecule has 2 aromatic heterocycles. The molecule has 9 heteroatoms. The molecule has 0 atom stereocenters. The van der Waals surface area contributed by atoms with E-state index in [2.05, 4.69) is 31.1 Å². The van der Waals surface area contributed by atoms with Crippen molar-refractivity contribution in [2.45, 2.75) is 57.1 Å². The normalized spacial score (nSPS) is 14.3. The van der Waals surface area contributed by atoms with Crippen LogP contribution in [0.15, 0.2) is 29.4 Å². The van der Waals surface area contributed by atoms with Crippen molar-refractivity contribution in [3.63, 3.8) is 0 Å². The summed E-state index contributed by atoms with van der Waals surface area (Å²) in [6, 6.07) is 9.91. The summed E-state index contributed by atoms with van der Waals surface area (Å²) in [5, 5.41) is 21.0. The zero-order valence-electron chi connectivity index (χ0n) is 18.1. The zero-order valence-corrected chi connectivity index (χ0v) is 19.7. The Labute approximate surface area is 196 Å². The summed E-state index contributed by atoms with van der Waals surface area (Å²) < 4.78 is 2.17. The molecule has 1 amide bonds. The quantitative estimate of drug-likeness (QED) is 0.455. The van der Waals surface area contributed by atoms with Crippen LogP contribution in [-0.2, 0) is 4.79 Å². The van der Waals surface area contributed by atoms with Crippen molar-refractivity contribution in [2.24, 2.45) is 0 Å². The lowest BCUT2D eigenvalue weighted by Gasteiger charge is -2.27. The van der Waals surface area contributed by atoms with E-state index >= 15 is 0 Å². The highest BCUT2D eigenvalue weighted by Gasteiger charge is 2.26. The fourth-order valence-corrected chi connectivity index (χ4v) is 4.95. The monoisotopic (exact) mass is 468 g/mol. The summed E-state index contributed by atoms with van der Waals surface area (Å²) in [7, 11) is 0. The number of carbonyl (C=O) groups excluding carboxylic acids is 1. The number of halogens is 1. The number of carbonyl (C=O) groups is 1. The van der Waals surface area contributed by atoms with E-state index in [9.17, 15) is 10.1 Å². The van der Waals surface area contributed by atoms with Crippen molar-refractivity contribution in [3.8, 4) is 17.5 Å². The largest absolute Gasteiger partial charge is 0.327 e. The molecule has 7 nitrogen and oxygen atoms in total. The third-order valence-electron chi connectivity index (χ3n) is 5.98. The van der Waals surface area contributed by atoms with E-state index in [1.165, 1.54) is 31.0 Å². The van der Waals surface area contributed by atoms with Crippen LogP contribution in [0.5, 0.6) is 0 Å². The number of hydrogen-bond acceptors (Lipinski definition) is 5. The van der Waals surface area contributed by atoms with Crippen LogP contribution in [0, 0.1) is 25.2 Å². The van der Waals surface area contributed by atoms with Gasteiger partial charge in [-0.3, -0.25) is 9.89 Å². The molecule has 0 radical (unpaired) electrons. The molecular weight excluding hydrogens is 444 g/mol. The Morgan fingerprint density at radius 1 is 1.28 bits per heavy atom. The van der Waals surface area contributed by atoms with Gasteiger partial charge in [0, 0.05) is 22.3 Å². The Morgan fingerprint density at radius 3 is 2.69 bits per heavy atom. The number of aromatic nitrogens is 4. The molecular formula is C23H25ClN6OS. The highest BCUT2D eigenvalue weighted by Crippen LogP contribution is 2.36. The van der Waals surface area contributed by atoms with Crippen molar-refractivity contribution in [1.29, 1.82) is 5.26 Å². The summed E-state index contributed by atoms with van der Waals surface area (Å²) in [6.45, 7) is 3.98. The molecule has 3 aromatic rings. The molecule has 2 N–H and O–H groups in total. The van der Waals surface area contributed by atoms with Crippen molar-refractivity contribution < 1.29 is 4.79 Å². The maximum absolute atomic E-state index is 12.8. The Kier molecular flexibility index (Phi) is 6.87. The molecule has 0 saturated heterocycles. The van der Waals surface area contributed by atoms with Crippen molar-refractivity contribution >= 4 is 35.1 Å². The Bertz CT molecular complexity index is 1150. The van der Waals surface area contributed by atoms with Gasteiger partial charge < -0.3 is 9.88 Å². The lowest BCUT2D eigenvalue weighted by atomic mass is 9.95. The minimum Gasteiger partial charge on any atom is -0.327 e. The highest BCUT2D eigenvalue weighted by molar-refractivity contribution is 7.99. The van der Waals surface area contributed by atoms with E-state index in [4.69, 9.17) is 11.6 Å². The molecule has 1 saturated carbocycles. The molecule has 32 heavy (non-hydrogen) atoms. The van der Waals surface area contributed by atoms with Crippen LogP contribution >= 0.6 is 23.4 Å². The van der Waals surface area contributed by atoms with Gasteiger partial charge in [-0.25, -0.2) is 4.98 Å². The molecule has 1 aliphatic rings. The van der Waals surface area contributed by atoms with Gasteiger partial charge in [-0.2, -0.15) is 5.26 Å². The number of aromatic amines is 1. The maximum atomic E-state index is 12.8. The number of hydrogen-bond donors (Lipinski definition) is 2. The number of anilines is 1. The summed E-state index contributed by atoms with van der Waals surface area (Å²) in [6.07, 6.45) is 5.73. The molecule has 166 valence electrons. The molecule has 1 fully saturated rings. The summed E-state index contributed by atoms with van der Waals surface area (Å²) in [5.41, 5.74) is 3.41. The SMILES string of the molecule is Cc1c(C#N)c(NC(=O)CSc2n[nH]c(-c3ccc(Cl)cc3)n2)n(C2CCCCC2)c1C. The number of H-pyrrole nitrogens is 1. The van der Waals surface area contributed by atoms with E-state index in [0.717, 1.165) is 29.7 Å². The zero-order chi connectivity index (χ0) is 22.7. The first-order valence-electron chi connectivity index (χ1n) is 10.7. The lowest BCUT2D eigenvalue weighted by molar-refractivity contribution is -0.113. The van der Waals surface area contributed by atoms with E-state index in [-0.39, 0.29) is 11.7 Å². The fourth-order valence-electron chi connectivity index (χ4n) is 4.23. The van der Waals surface area contributed by atoms with Gasteiger partial charge in [-0.05, 0) is 56.5 Å². The minimum atomic E-state index is -0.182. The van der Waals surface area contributed by atoms with Gasteiger partial charge in [0.15, 0.2) is 5.82 Å². The number of rotatable bonds is 6. The first-order chi connectivity index (χ1) is 15.5. The number of benzene rings is 1. The fraction of sp³-hybridized carbons (Fsp3) is 0.391. The van der Waals surface area contributed by atoms with Crippen LogP contribution < -0.4 is 5.32 Å². The highest BCUT2D eigenvalue weighted by atomic mass is 35.5. The van der Waals surface area contributed by atoms with Crippen LogP contribution in [-0.4, -0.2) is 31.4 Å². The molecule has 1 aromatic carbocycles. The molecule has 0 aliphatic heterocycles. The van der Waals surface area contributed by atoms with Gasteiger partial charge in [-0.15, -0.1) is 5.10 Å². The number of nitrogens with zero attached hydrogens (tertiary/aromatic N) is 4. The third kappa shape index (κ3) is 4.69. The van der Waals surface area contributed by atoms with Crippen LogP contribution in [0.2, 0.25) is 5.02 Å². The Morgan fingerprint density at radius 2 is 2.00 bits per heavy atom. The average molecular weight is 469 g/mol. The summed E-state index contributed by atoms with van der Waals surface area (Å²) in [5.74, 6) is 1.21. The first kappa shape index (κ1) is 22.4. The second kappa shape index (κ2) is 9.80. The van der Waals surface area contributed by atoms with E-state index in [1.807, 2.05) is 26.0 Å². The topological polar surface area (TPSA) is 99.4 Å². The van der Waals surface area contributed by atoms with Gasteiger partial charge >= 0.3 is 0 Å². The van der Waals surface area contributed by atoms with Gasteiger partial charge in [0.05, 0.1) is 11.3 Å². The van der Waals surface area contributed by atoms with E-state index in [0.29, 0.717) is 33.4 Å². The Hall–Kier alpha value is -2.76. The number of thioether (sulfide) groups is 1. The number of nitrogens with one attached hydrogen (secondary N) is 2. The van der Waals surface area contributed by atoms with Gasteiger partial charge in [-0.1, -0.05) is 42.6 Å². The number of amides is 1. The molecule has 0 unspecified atom stereocenters. The summed E-state index contributed by atoms with van der Waals surface area (Å²) >= 11 is 7.18. The smallest absolute Gasteiger partial charge is 0.235 e. The van der Waals surface area contributed by atoms with Crippen molar-refractivity contribution in [3.05, 3.63) is 46.1 Å². The molecule has 1 aliphatic carbocycles. The second-order valence-corrected chi connectivity index (χ2v) is 9.40. The van der Waals surface area contributed by atoms with Gasteiger partial charge in [0.2, 0.25) is 11.1 Å². The second-order valence-electron chi connectivity index (χ2n) is 8.02. The van der Waals surface area contributed by atoms with Crippen molar-refractivity contribution in [1.82, 2.24) is 19.7 Å². The standard InChI is InChI=1S/C23H25ClN6OS/c1-14-15(2)30(18-6-4-3-5-7-18)22(19(14)12-25)26-20(31)13-32-23-27-21(28-29-23)16-8-10-17(24)11-9-16/h8-11,18H,3-7,13H2,1-2H3,(H,26,31)(H,27,28,29). The minimum absolute atomic E-state index is 0.150.